The Bertz CT molecular complexity index is 374. The molecular formula is C12H17ClF2N2O2. The third-order valence-electron chi connectivity index (χ3n) is 2.24. The quantitative estimate of drug-likeness (QED) is 0.808. The number of carbonyl (C=O) groups is 1. The molecule has 1 amide bonds. The highest BCUT2D eigenvalue weighted by Gasteiger charge is 2.04. The Morgan fingerprint density at radius 3 is 2.47 bits per heavy atom. The van der Waals surface area contributed by atoms with Crippen molar-refractivity contribution in [2.45, 2.75) is 19.6 Å². The minimum absolute atomic E-state index is 0. The lowest BCUT2D eigenvalue weighted by Gasteiger charge is -2.07. The van der Waals surface area contributed by atoms with E-state index in [1.807, 2.05) is 0 Å². The summed E-state index contributed by atoms with van der Waals surface area (Å²) < 4.78 is 28.0. The van der Waals surface area contributed by atoms with Crippen molar-refractivity contribution < 1.29 is 18.3 Å². The van der Waals surface area contributed by atoms with E-state index >= 15 is 0 Å². The molecule has 0 heterocycles. The minimum atomic E-state index is -2.82. The fourth-order valence-corrected chi connectivity index (χ4v) is 1.32. The minimum Gasteiger partial charge on any atom is -0.435 e. The van der Waals surface area contributed by atoms with Crippen LogP contribution < -0.4 is 15.4 Å². The van der Waals surface area contributed by atoms with Gasteiger partial charge in [0, 0.05) is 19.5 Å². The Morgan fingerprint density at radius 1 is 1.32 bits per heavy atom. The SMILES string of the molecule is CNCCC(=O)NCc1ccc(OC(F)F)cc1.Cl. The number of halogens is 3. The van der Waals surface area contributed by atoms with E-state index in [1.165, 1.54) is 12.1 Å². The van der Waals surface area contributed by atoms with Gasteiger partial charge in [-0.05, 0) is 24.7 Å². The predicted molar refractivity (Wildman–Crippen MR) is 70.7 cm³/mol. The Balaban J connectivity index is 0.00000324. The lowest BCUT2D eigenvalue weighted by Crippen LogP contribution is -2.26. The van der Waals surface area contributed by atoms with Gasteiger partial charge in [0.2, 0.25) is 5.91 Å². The maximum absolute atomic E-state index is 11.9. The first-order valence-corrected chi connectivity index (χ1v) is 5.57. The Morgan fingerprint density at radius 2 is 1.95 bits per heavy atom. The highest BCUT2D eigenvalue weighted by Crippen LogP contribution is 2.14. The van der Waals surface area contributed by atoms with Crippen LogP contribution in [0.2, 0.25) is 0 Å². The molecule has 19 heavy (non-hydrogen) atoms. The summed E-state index contributed by atoms with van der Waals surface area (Å²) in [5, 5.41) is 5.60. The first-order chi connectivity index (χ1) is 8.61. The predicted octanol–water partition coefficient (Wildman–Crippen LogP) is 1.94. The van der Waals surface area contributed by atoms with Crippen LogP contribution in [0.5, 0.6) is 5.75 Å². The largest absolute Gasteiger partial charge is 0.435 e. The molecule has 1 aromatic carbocycles. The number of hydrogen-bond acceptors (Lipinski definition) is 3. The topological polar surface area (TPSA) is 50.4 Å². The van der Waals surface area contributed by atoms with Crippen molar-refractivity contribution in [3.63, 3.8) is 0 Å². The van der Waals surface area contributed by atoms with Crippen LogP contribution in [-0.2, 0) is 11.3 Å². The second-order valence-electron chi connectivity index (χ2n) is 3.65. The van der Waals surface area contributed by atoms with E-state index in [2.05, 4.69) is 15.4 Å². The van der Waals surface area contributed by atoms with Crippen molar-refractivity contribution in [1.82, 2.24) is 10.6 Å². The van der Waals surface area contributed by atoms with Gasteiger partial charge in [-0.25, -0.2) is 0 Å². The Labute approximate surface area is 116 Å². The molecule has 0 fully saturated rings. The number of nitrogens with one attached hydrogen (secondary N) is 2. The fourth-order valence-electron chi connectivity index (χ4n) is 1.32. The van der Waals surface area contributed by atoms with Crippen LogP contribution in [0.25, 0.3) is 0 Å². The van der Waals surface area contributed by atoms with Gasteiger partial charge in [-0.2, -0.15) is 8.78 Å². The van der Waals surface area contributed by atoms with Crippen LogP contribution in [-0.4, -0.2) is 26.1 Å². The van der Waals surface area contributed by atoms with Crippen molar-refractivity contribution in [3.05, 3.63) is 29.8 Å². The molecule has 0 aliphatic heterocycles. The average molecular weight is 295 g/mol. The Kier molecular flexibility index (Phi) is 8.82. The van der Waals surface area contributed by atoms with Crippen molar-refractivity contribution in [3.8, 4) is 5.75 Å². The summed E-state index contributed by atoms with van der Waals surface area (Å²) in [6.45, 7) is -1.83. The summed E-state index contributed by atoms with van der Waals surface area (Å²) in [6.07, 6.45) is 0.406. The summed E-state index contributed by atoms with van der Waals surface area (Å²) in [4.78, 5) is 11.3. The number of carbonyl (C=O) groups excluding carboxylic acids is 1. The van der Waals surface area contributed by atoms with Crippen LogP contribution in [0.15, 0.2) is 24.3 Å². The van der Waals surface area contributed by atoms with E-state index in [0.717, 1.165) is 5.56 Å². The molecule has 0 unspecified atom stereocenters. The third kappa shape index (κ3) is 7.58. The standard InChI is InChI=1S/C12H16F2N2O2.ClH/c1-15-7-6-11(17)16-8-9-2-4-10(5-3-9)18-12(13)14;/h2-5,12,15H,6-8H2,1H3,(H,16,17);1H. The zero-order chi connectivity index (χ0) is 13.4. The monoisotopic (exact) mass is 294 g/mol. The fraction of sp³-hybridized carbons (Fsp3) is 0.417. The van der Waals surface area contributed by atoms with Crippen LogP contribution >= 0.6 is 12.4 Å². The summed E-state index contributed by atoms with van der Waals surface area (Å²) in [5.74, 6) is 0.0486. The zero-order valence-electron chi connectivity index (χ0n) is 10.5. The lowest BCUT2D eigenvalue weighted by molar-refractivity contribution is -0.121. The molecule has 0 aliphatic carbocycles. The van der Waals surface area contributed by atoms with E-state index in [4.69, 9.17) is 0 Å². The molecule has 2 N–H and O–H groups in total. The molecule has 108 valence electrons. The summed E-state index contributed by atoms with van der Waals surface area (Å²) in [7, 11) is 1.77. The number of ether oxygens (including phenoxy) is 1. The first kappa shape index (κ1) is 17.6. The van der Waals surface area contributed by atoms with Gasteiger partial charge >= 0.3 is 6.61 Å². The van der Waals surface area contributed by atoms with Crippen LogP contribution in [0, 0.1) is 0 Å². The molecule has 0 saturated heterocycles. The highest BCUT2D eigenvalue weighted by atomic mass is 35.5. The van der Waals surface area contributed by atoms with E-state index in [9.17, 15) is 13.6 Å². The molecule has 0 radical (unpaired) electrons. The van der Waals surface area contributed by atoms with Gasteiger partial charge in [-0.15, -0.1) is 12.4 Å². The molecule has 0 spiro atoms. The van der Waals surface area contributed by atoms with E-state index in [1.54, 1.807) is 19.2 Å². The van der Waals surface area contributed by atoms with Crippen LogP contribution in [0.1, 0.15) is 12.0 Å². The van der Waals surface area contributed by atoms with Crippen molar-refractivity contribution in [2.24, 2.45) is 0 Å². The number of amides is 1. The molecule has 1 rings (SSSR count). The molecule has 4 nitrogen and oxygen atoms in total. The van der Waals surface area contributed by atoms with Crippen molar-refractivity contribution >= 4 is 18.3 Å². The second kappa shape index (κ2) is 9.52. The van der Waals surface area contributed by atoms with Crippen LogP contribution in [0.3, 0.4) is 0 Å². The number of alkyl halides is 2. The number of benzene rings is 1. The Hall–Kier alpha value is -1.40. The third-order valence-corrected chi connectivity index (χ3v) is 2.24. The number of rotatable bonds is 7. The average Bonchev–Trinajstić information content (AvgIpc) is 2.35. The maximum atomic E-state index is 11.9. The van der Waals surface area contributed by atoms with Gasteiger partial charge in [0.15, 0.2) is 0 Å². The van der Waals surface area contributed by atoms with Gasteiger partial charge in [-0.3, -0.25) is 4.79 Å². The first-order valence-electron chi connectivity index (χ1n) is 5.57. The lowest BCUT2D eigenvalue weighted by atomic mass is 10.2. The molecule has 0 aliphatic rings. The molecule has 0 aromatic heterocycles. The smallest absolute Gasteiger partial charge is 0.387 e. The molecule has 0 atom stereocenters. The van der Waals surface area contributed by atoms with E-state index in [-0.39, 0.29) is 24.1 Å². The van der Waals surface area contributed by atoms with E-state index in [0.29, 0.717) is 19.5 Å². The van der Waals surface area contributed by atoms with E-state index < -0.39 is 6.61 Å². The summed E-state index contributed by atoms with van der Waals surface area (Å²) in [6, 6.07) is 6.16. The summed E-state index contributed by atoms with van der Waals surface area (Å²) in [5.41, 5.74) is 0.828. The highest BCUT2D eigenvalue weighted by molar-refractivity contribution is 5.85. The van der Waals surface area contributed by atoms with Gasteiger partial charge in [-0.1, -0.05) is 12.1 Å². The van der Waals surface area contributed by atoms with Crippen LogP contribution in [0.4, 0.5) is 8.78 Å². The van der Waals surface area contributed by atoms with Gasteiger partial charge in [0.05, 0.1) is 0 Å². The zero-order valence-corrected chi connectivity index (χ0v) is 11.3. The molecule has 1 aromatic rings. The second-order valence-corrected chi connectivity index (χ2v) is 3.65. The summed E-state index contributed by atoms with van der Waals surface area (Å²) >= 11 is 0. The maximum Gasteiger partial charge on any atom is 0.387 e. The molecule has 0 saturated carbocycles. The molecular weight excluding hydrogens is 278 g/mol. The van der Waals surface area contributed by atoms with Gasteiger partial charge in [0.1, 0.15) is 5.75 Å². The number of hydrogen-bond donors (Lipinski definition) is 2. The normalized spacial score (nSPS) is 9.89. The van der Waals surface area contributed by atoms with Crippen molar-refractivity contribution in [1.29, 1.82) is 0 Å². The molecule has 0 bridgehead atoms. The molecule has 7 heteroatoms. The van der Waals surface area contributed by atoms with Crippen molar-refractivity contribution in [2.75, 3.05) is 13.6 Å². The van der Waals surface area contributed by atoms with Gasteiger partial charge < -0.3 is 15.4 Å². The van der Waals surface area contributed by atoms with Gasteiger partial charge in [0.25, 0.3) is 0 Å².